The summed E-state index contributed by atoms with van der Waals surface area (Å²) < 4.78 is 16.7. The molecule has 0 amide bonds. The van der Waals surface area contributed by atoms with Crippen LogP contribution < -0.4 is 4.57 Å². The zero-order valence-electron chi connectivity index (χ0n) is 14.2. The Morgan fingerprint density at radius 3 is 2.52 bits per heavy atom. The van der Waals surface area contributed by atoms with Gasteiger partial charge in [0, 0.05) is 25.5 Å². The lowest BCUT2D eigenvalue weighted by molar-refractivity contribution is -0.765. The number of rotatable bonds is 2. The van der Waals surface area contributed by atoms with Crippen LogP contribution in [0.3, 0.4) is 0 Å². The van der Waals surface area contributed by atoms with Crippen molar-refractivity contribution in [3.63, 3.8) is 0 Å². The lowest BCUT2D eigenvalue weighted by atomic mass is 9.60. The summed E-state index contributed by atoms with van der Waals surface area (Å²) in [5.74, 6) is -0.422. The number of nitriles is 1. The zero-order valence-corrected chi connectivity index (χ0v) is 14.2. The molecular formula is C20H22FN2+. The molecule has 23 heavy (non-hydrogen) atoms. The van der Waals surface area contributed by atoms with E-state index in [1.54, 1.807) is 12.1 Å². The highest BCUT2D eigenvalue weighted by atomic mass is 19.1. The largest absolute Gasteiger partial charge is 0.213 e. The van der Waals surface area contributed by atoms with Gasteiger partial charge in [-0.2, -0.15) is 9.83 Å². The van der Waals surface area contributed by atoms with E-state index >= 15 is 0 Å². The van der Waals surface area contributed by atoms with Crippen molar-refractivity contribution < 1.29 is 8.96 Å². The number of hydrogen-bond acceptors (Lipinski definition) is 1. The van der Waals surface area contributed by atoms with Crippen LogP contribution in [0.25, 0.3) is 11.3 Å². The molecule has 0 saturated carbocycles. The second kappa shape index (κ2) is 5.16. The predicted octanol–water partition coefficient (Wildman–Crippen LogP) is 4.46. The van der Waals surface area contributed by atoms with Crippen molar-refractivity contribution in [1.82, 2.24) is 0 Å². The molecule has 2 aromatic rings. The van der Waals surface area contributed by atoms with Crippen LogP contribution in [0.1, 0.15) is 51.7 Å². The minimum Gasteiger partial charge on any atom is -0.206 e. The molecular weight excluding hydrogens is 287 g/mol. The van der Waals surface area contributed by atoms with Gasteiger partial charge >= 0.3 is 0 Å². The Morgan fingerprint density at radius 1 is 1.17 bits per heavy atom. The fraction of sp³-hybridized carbons (Fsp3) is 0.400. The quantitative estimate of drug-likeness (QED) is 0.753. The maximum atomic E-state index is 14.4. The first-order valence-electron chi connectivity index (χ1n) is 8.18. The number of pyridine rings is 1. The second-order valence-electron chi connectivity index (χ2n) is 6.76. The minimum atomic E-state index is -0.422. The van der Waals surface area contributed by atoms with E-state index in [2.05, 4.69) is 44.5 Å². The van der Waals surface area contributed by atoms with E-state index in [9.17, 15) is 9.65 Å². The van der Waals surface area contributed by atoms with Crippen LogP contribution in [-0.2, 0) is 11.0 Å². The Hall–Kier alpha value is -2.21. The summed E-state index contributed by atoms with van der Waals surface area (Å²) in [5, 5.41) is 9.21. The van der Waals surface area contributed by atoms with Gasteiger partial charge in [-0.25, -0.2) is 4.39 Å². The van der Waals surface area contributed by atoms with Crippen molar-refractivity contribution in [3.8, 4) is 17.3 Å². The molecule has 0 bridgehead atoms. The van der Waals surface area contributed by atoms with Gasteiger partial charge in [-0.15, -0.1) is 0 Å². The normalized spacial score (nSPS) is 25.4. The summed E-state index contributed by atoms with van der Waals surface area (Å²) in [4.78, 5) is 0. The maximum absolute atomic E-state index is 14.4. The third-order valence-electron chi connectivity index (χ3n) is 6.07. The van der Waals surface area contributed by atoms with Crippen LogP contribution in [0.4, 0.5) is 4.39 Å². The lowest BCUT2D eigenvalue weighted by Gasteiger charge is -2.46. The summed E-state index contributed by atoms with van der Waals surface area (Å²) in [5.41, 5.74) is 2.79. The van der Waals surface area contributed by atoms with E-state index in [0.717, 1.165) is 29.7 Å². The fourth-order valence-corrected chi connectivity index (χ4v) is 4.11. The fourth-order valence-electron chi connectivity index (χ4n) is 4.11. The number of nitrogens with zero attached hydrogens (tertiary/aromatic N) is 2. The summed E-state index contributed by atoms with van der Waals surface area (Å²) in [6, 6.07) is 11.4. The van der Waals surface area contributed by atoms with Crippen molar-refractivity contribution in [2.24, 2.45) is 0 Å². The van der Waals surface area contributed by atoms with Crippen LogP contribution >= 0.6 is 0 Å². The predicted molar refractivity (Wildman–Crippen MR) is 88.3 cm³/mol. The van der Waals surface area contributed by atoms with Crippen LogP contribution in [0.2, 0.25) is 0 Å². The highest BCUT2D eigenvalue weighted by Crippen LogP contribution is 2.49. The number of benzene rings is 1. The molecule has 0 aliphatic carbocycles. The topological polar surface area (TPSA) is 27.7 Å². The Kier molecular flexibility index (Phi) is 3.52. The van der Waals surface area contributed by atoms with E-state index in [1.807, 2.05) is 18.2 Å². The molecule has 1 aromatic heterocycles. The van der Waals surface area contributed by atoms with Crippen LogP contribution in [0.5, 0.6) is 0 Å². The number of halogens is 1. The van der Waals surface area contributed by atoms with E-state index in [-0.39, 0.29) is 16.5 Å². The standard InChI is InChI=1S/C20H22FN2/c1-5-19(3)16-12-17(21)14(13-22)11-15(16)18-9-7-8-10-23(18)20(19,4)6-2/h7-12H,5-6H2,1-4H3/q+1. The van der Waals surface area contributed by atoms with Gasteiger partial charge in [0.2, 0.25) is 5.69 Å². The maximum Gasteiger partial charge on any atom is 0.213 e. The van der Waals surface area contributed by atoms with Gasteiger partial charge < -0.3 is 0 Å². The van der Waals surface area contributed by atoms with Crippen molar-refractivity contribution >= 4 is 0 Å². The first kappa shape index (κ1) is 15.7. The van der Waals surface area contributed by atoms with Crippen molar-refractivity contribution in [2.45, 2.75) is 51.5 Å². The first-order chi connectivity index (χ1) is 10.9. The highest BCUT2D eigenvalue weighted by Gasteiger charge is 2.56. The first-order valence-corrected chi connectivity index (χ1v) is 8.18. The van der Waals surface area contributed by atoms with Crippen molar-refractivity contribution in [1.29, 1.82) is 5.26 Å². The number of fused-ring (bicyclic) bond motifs is 3. The highest BCUT2D eigenvalue weighted by molar-refractivity contribution is 5.67. The molecule has 1 aromatic carbocycles. The molecule has 1 aliphatic heterocycles. The minimum absolute atomic E-state index is 0.109. The summed E-state index contributed by atoms with van der Waals surface area (Å²) in [7, 11) is 0. The molecule has 1 aliphatic rings. The Morgan fingerprint density at radius 2 is 1.91 bits per heavy atom. The molecule has 2 heterocycles. The molecule has 3 rings (SSSR count). The van der Waals surface area contributed by atoms with Gasteiger partial charge in [0.05, 0.1) is 16.5 Å². The van der Waals surface area contributed by atoms with Crippen LogP contribution in [0, 0.1) is 17.1 Å². The van der Waals surface area contributed by atoms with Gasteiger partial charge in [-0.3, -0.25) is 0 Å². The van der Waals surface area contributed by atoms with Gasteiger partial charge in [-0.1, -0.05) is 13.8 Å². The average molecular weight is 309 g/mol. The summed E-state index contributed by atoms with van der Waals surface area (Å²) >= 11 is 0. The van der Waals surface area contributed by atoms with Crippen LogP contribution in [-0.4, -0.2) is 0 Å². The van der Waals surface area contributed by atoms with E-state index in [0.29, 0.717) is 0 Å². The number of hydrogen-bond donors (Lipinski definition) is 0. The average Bonchev–Trinajstić information content (AvgIpc) is 2.59. The van der Waals surface area contributed by atoms with E-state index in [4.69, 9.17) is 0 Å². The second-order valence-corrected chi connectivity index (χ2v) is 6.76. The summed E-state index contributed by atoms with van der Waals surface area (Å²) in [6.07, 6.45) is 3.95. The van der Waals surface area contributed by atoms with Crippen LogP contribution in [0.15, 0.2) is 36.5 Å². The monoisotopic (exact) mass is 309 g/mol. The zero-order chi connectivity index (χ0) is 16.8. The van der Waals surface area contributed by atoms with Gasteiger partial charge in [0.25, 0.3) is 0 Å². The molecule has 2 unspecified atom stereocenters. The smallest absolute Gasteiger partial charge is 0.206 e. The van der Waals surface area contributed by atoms with Gasteiger partial charge in [0.15, 0.2) is 11.7 Å². The SMILES string of the molecule is CCC1(C)c2cc(F)c(C#N)cc2-c2cccc[n+]2C1(C)CC. The molecule has 0 radical (unpaired) electrons. The molecule has 2 nitrogen and oxygen atoms in total. The van der Waals surface area contributed by atoms with Crippen molar-refractivity contribution in [3.05, 3.63) is 53.5 Å². The molecule has 3 heteroatoms. The molecule has 0 fully saturated rings. The third kappa shape index (κ3) is 1.88. The third-order valence-corrected chi connectivity index (χ3v) is 6.07. The lowest BCUT2D eigenvalue weighted by Crippen LogP contribution is -2.67. The van der Waals surface area contributed by atoms with E-state index in [1.165, 1.54) is 0 Å². The Labute approximate surface area is 137 Å². The number of aromatic nitrogens is 1. The molecule has 0 N–H and O–H groups in total. The van der Waals surface area contributed by atoms with Crippen molar-refractivity contribution in [2.75, 3.05) is 0 Å². The summed E-state index contributed by atoms with van der Waals surface area (Å²) in [6.45, 7) is 8.80. The van der Waals surface area contributed by atoms with Gasteiger partial charge in [0.1, 0.15) is 11.9 Å². The Bertz CT molecular complexity index is 821. The Balaban J connectivity index is 2.47. The molecule has 2 atom stereocenters. The molecule has 118 valence electrons. The molecule has 0 saturated heterocycles. The molecule has 0 spiro atoms. The van der Waals surface area contributed by atoms with E-state index < -0.39 is 5.82 Å². The van der Waals surface area contributed by atoms with Gasteiger partial charge in [-0.05, 0) is 37.1 Å².